The third-order valence-electron chi connectivity index (χ3n) is 4.88. The monoisotopic (exact) mass is 411 g/mol. The molecule has 0 aliphatic heterocycles. The van der Waals surface area contributed by atoms with Crippen LogP contribution < -0.4 is 11.1 Å². The number of nitrogens with zero attached hydrogens (tertiary/aromatic N) is 1. The number of nitrogens with two attached hydrogens (primary N) is 1. The number of oxazole rings is 1. The first-order valence-electron chi connectivity index (χ1n) is 9.86. The van der Waals surface area contributed by atoms with Crippen LogP contribution in [0, 0.1) is 0 Å². The lowest BCUT2D eigenvalue weighted by molar-refractivity contribution is -0.118. The summed E-state index contributed by atoms with van der Waals surface area (Å²) in [4.78, 5) is 29.1. The highest BCUT2D eigenvalue weighted by atomic mass is 16.4. The maximum atomic E-state index is 13.1. The minimum absolute atomic E-state index is 0.00488. The van der Waals surface area contributed by atoms with E-state index in [-0.39, 0.29) is 12.3 Å². The Morgan fingerprint density at radius 3 is 2.26 bits per heavy atom. The molecule has 4 rings (SSSR count). The molecule has 154 valence electrons. The van der Waals surface area contributed by atoms with Crippen molar-refractivity contribution in [3.8, 4) is 22.8 Å². The van der Waals surface area contributed by atoms with Gasteiger partial charge in [-0.15, -0.1) is 0 Å². The summed E-state index contributed by atoms with van der Waals surface area (Å²) < 4.78 is 5.94. The molecule has 0 saturated heterocycles. The zero-order chi connectivity index (χ0) is 21.6. The summed E-state index contributed by atoms with van der Waals surface area (Å²) in [5, 5.41) is 2.92. The van der Waals surface area contributed by atoms with Gasteiger partial charge in [-0.2, -0.15) is 0 Å². The van der Waals surface area contributed by atoms with Gasteiger partial charge in [-0.1, -0.05) is 72.8 Å². The van der Waals surface area contributed by atoms with E-state index >= 15 is 0 Å². The lowest BCUT2D eigenvalue weighted by Crippen LogP contribution is -2.32. The van der Waals surface area contributed by atoms with Crippen LogP contribution in [0.3, 0.4) is 0 Å². The molecule has 1 heterocycles. The van der Waals surface area contributed by atoms with Crippen molar-refractivity contribution in [1.82, 2.24) is 10.3 Å². The number of aromatic nitrogens is 1. The number of rotatable bonds is 7. The first-order valence-corrected chi connectivity index (χ1v) is 9.86. The molecule has 0 spiro atoms. The number of nitrogens with one attached hydrogen (secondary N) is 1. The van der Waals surface area contributed by atoms with Gasteiger partial charge in [0.15, 0.2) is 5.76 Å². The molecule has 0 aliphatic carbocycles. The molecule has 0 saturated carbocycles. The Balaban J connectivity index is 1.63. The van der Waals surface area contributed by atoms with E-state index in [0.29, 0.717) is 22.8 Å². The Morgan fingerprint density at radius 1 is 0.903 bits per heavy atom. The maximum absolute atomic E-state index is 13.1. The highest BCUT2D eigenvalue weighted by Gasteiger charge is 2.21. The van der Waals surface area contributed by atoms with Crippen molar-refractivity contribution in [3.63, 3.8) is 0 Å². The van der Waals surface area contributed by atoms with Crippen LogP contribution in [0.4, 0.5) is 0 Å². The van der Waals surface area contributed by atoms with Gasteiger partial charge in [0.2, 0.25) is 11.8 Å². The molecule has 6 heteroatoms. The molecule has 0 bridgehead atoms. The van der Waals surface area contributed by atoms with Crippen molar-refractivity contribution in [2.45, 2.75) is 12.5 Å². The molecular formula is C25H21N3O3. The van der Waals surface area contributed by atoms with Gasteiger partial charge in [0.05, 0.1) is 24.2 Å². The third kappa shape index (κ3) is 4.70. The highest BCUT2D eigenvalue weighted by molar-refractivity contribution is 6.00. The summed E-state index contributed by atoms with van der Waals surface area (Å²) in [6.45, 7) is 0. The molecule has 31 heavy (non-hydrogen) atoms. The van der Waals surface area contributed by atoms with E-state index in [4.69, 9.17) is 10.2 Å². The van der Waals surface area contributed by atoms with E-state index in [1.165, 1.54) is 0 Å². The first-order chi connectivity index (χ1) is 15.1. The number of benzene rings is 3. The van der Waals surface area contributed by atoms with Gasteiger partial charge >= 0.3 is 0 Å². The van der Waals surface area contributed by atoms with Crippen LogP contribution >= 0.6 is 0 Å². The molecule has 0 unspecified atom stereocenters. The second-order valence-electron chi connectivity index (χ2n) is 7.05. The van der Waals surface area contributed by atoms with Crippen LogP contribution in [0.25, 0.3) is 22.8 Å². The number of carbonyl (C=O) groups excluding carboxylic acids is 2. The predicted octanol–water partition coefficient (Wildman–Crippen LogP) is 4.36. The molecule has 0 radical (unpaired) electrons. The fraction of sp³-hybridized carbons (Fsp3) is 0.0800. The lowest BCUT2D eigenvalue weighted by Gasteiger charge is -2.18. The Kier molecular flexibility index (Phi) is 5.89. The van der Waals surface area contributed by atoms with Gasteiger partial charge in [-0.3, -0.25) is 9.59 Å². The molecule has 1 atom stereocenters. The molecule has 6 nitrogen and oxygen atoms in total. The van der Waals surface area contributed by atoms with E-state index in [0.717, 1.165) is 11.1 Å². The van der Waals surface area contributed by atoms with Crippen LogP contribution in [0.15, 0.2) is 95.5 Å². The lowest BCUT2D eigenvalue weighted by atomic mass is 10.0. The summed E-state index contributed by atoms with van der Waals surface area (Å²) >= 11 is 0. The number of hydrogen-bond acceptors (Lipinski definition) is 4. The Hall–Kier alpha value is -4.19. The quantitative estimate of drug-likeness (QED) is 0.472. The van der Waals surface area contributed by atoms with E-state index < -0.39 is 11.9 Å². The Morgan fingerprint density at radius 2 is 1.55 bits per heavy atom. The minimum atomic E-state index is -0.538. The van der Waals surface area contributed by atoms with Gasteiger partial charge in [0, 0.05) is 11.1 Å². The standard InChI is InChI=1S/C25H21N3O3/c26-23(29)15-21(17-9-3-1-4-10-17)28-24(30)19-13-7-8-14-20(19)25-27-16-22(31-25)18-11-5-2-6-12-18/h1-14,16,21H,15H2,(H2,26,29)(H,28,30)/t21-/m0/s1. The van der Waals surface area contributed by atoms with Crippen molar-refractivity contribution in [3.05, 3.63) is 102 Å². The third-order valence-corrected chi connectivity index (χ3v) is 4.88. The molecule has 4 aromatic rings. The van der Waals surface area contributed by atoms with Crippen molar-refractivity contribution in [2.75, 3.05) is 0 Å². The van der Waals surface area contributed by atoms with Crippen LogP contribution in [0.5, 0.6) is 0 Å². The molecule has 3 aromatic carbocycles. The summed E-state index contributed by atoms with van der Waals surface area (Å²) in [7, 11) is 0. The molecule has 2 amide bonds. The van der Waals surface area contributed by atoms with Crippen LogP contribution in [0.2, 0.25) is 0 Å². The predicted molar refractivity (Wildman–Crippen MR) is 118 cm³/mol. The SMILES string of the molecule is NC(=O)C[C@H](NC(=O)c1ccccc1-c1ncc(-c2ccccc2)o1)c1ccccc1. The molecule has 3 N–H and O–H groups in total. The van der Waals surface area contributed by atoms with Gasteiger partial charge in [-0.25, -0.2) is 4.98 Å². The molecule has 1 aromatic heterocycles. The highest BCUT2D eigenvalue weighted by Crippen LogP contribution is 2.28. The molecular weight excluding hydrogens is 390 g/mol. The van der Waals surface area contributed by atoms with Gasteiger partial charge < -0.3 is 15.5 Å². The minimum Gasteiger partial charge on any atom is -0.436 e. The summed E-state index contributed by atoms with van der Waals surface area (Å²) in [6, 6.07) is 25.4. The van der Waals surface area contributed by atoms with Crippen molar-refractivity contribution < 1.29 is 14.0 Å². The molecule has 0 aliphatic rings. The Bertz CT molecular complexity index is 1190. The zero-order valence-corrected chi connectivity index (χ0v) is 16.7. The number of hydrogen-bond donors (Lipinski definition) is 2. The number of carbonyl (C=O) groups is 2. The summed E-state index contributed by atoms with van der Waals surface area (Å²) in [6.07, 6.45) is 1.63. The second-order valence-corrected chi connectivity index (χ2v) is 7.05. The second kappa shape index (κ2) is 9.09. The topological polar surface area (TPSA) is 98.2 Å². The fourth-order valence-electron chi connectivity index (χ4n) is 3.38. The van der Waals surface area contributed by atoms with E-state index in [9.17, 15) is 9.59 Å². The normalized spacial score (nSPS) is 11.6. The van der Waals surface area contributed by atoms with E-state index in [2.05, 4.69) is 10.3 Å². The van der Waals surface area contributed by atoms with Crippen molar-refractivity contribution in [2.24, 2.45) is 5.73 Å². The van der Waals surface area contributed by atoms with Gasteiger partial charge in [0.25, 0.3) is 5.91 Å². The number of primary amides is 1. The average Bonchev–Trinajstić information content (AvgIpc) is 3.30. The smallest absolute Gasteiger partial charge is 0.252 e. The average molecular weight is 411 g/mol. The van der Waals surface area contributed by atoms with Crippen molar-refractivity contribution in [1.29, 1.82) is 0 Å². The van der Waals surface area contributed by atoms with Gasteiger partial charge in [-0.05, 0) is 17.7 Å². The van der Waals surface area contributed by atoms with Crippen LogP contribution in [0.1, 0.15) is 28.4 Å². The van der Waals surface area contributed by atoms with E-state index in [1.54, 1.807) is 24.4 Å². The number of amides is 2. The largest absolute Gasteiger partial charge is 0.436 e. The van der Waals surface area contributed by atoms with Crippen LogP contribution in [-0.2, 0) is 4.79 Å². The zero-order valence-electron chi connectivity index (χ0n) is 16.7. The van der Waals surface area contributed by atoms with Crippen molar-refractivity contribution >= 4 is 11.8 Å². The fourth-order valence-corrected chi connectivity index (χ4v) is 3.38. The Labute approximate surface area is 179 Å². The first kappa shape index (κ1) is 20.1. The van der Waals surface area contributed by atoms with E-state index in [1.807, 2.05) is 66.7 Å². The summed E-state index contributed by atoms with van der Waals surface area (Å²) in [5.41, 5.74) is 8.07. The maximum Gasteiger partial charge on any atom is 0.252 e. The summed E-state index contributed by atoms with van der Waals surface area (Å²) in [5.74, 6) is 0.116. The van der Waals surface area contributed by atoms with Gasteiger partial charge in [0.1, 0.15) is 0 Å². The van der Waals surface area contributed by atoms with Crippen LogP contribution in [-0.4, -0.2) is 16.8 Å². The molecule has 0 fully saturated rings.